The van der Waals surface area contributed by atoms with Gasteiger partial charge in [0.1, 0.15) is 0 Å². The van der Waals surface area contributed by atoms with Gasteiger partial charge < -0.3 is 16.0 Å². The van der Waals surface area contributed by atoms with Crippen molar-refractivity contribution < 1.29 is 18.0 Å². The van der Waals surface area contributed by atoms with Gasteiger partial charge in [-0.1, -0.05) is 37.6 Å². The van der Waals surface area contributed by atoms with Crippen LogP contribution in [-0.4, -0.2) is 36.9 Å². The minimum absolute atomic E-state index is 0.101. The summed E-state index contributed by atoms with van der Waals surface area (Å²) in [5.74, 6) is 0.0388. The minimum atomic E-state index is -3.94. The second-order valence-corrected chi connectivity index (χ2v) is 14.3. The molecular weight excluding hydrogens is 612 g/mol. The van der Waals surface area contributed by atoms with E-state index in [2.05, 4.69) is 25.7 Å². The number of pyridine rings is 2. The number of benzene rings is 2. The maximum Gasteiger partial charge on any atom is 0.319 e. The molecule has 1 fully saturated rings. The number of hydrogen-bond acceptors (Lipinski definition) is 6. The monoisotopic (exact) mass is 646 g/mol. The molecule has 4 aromatic rings. The first kappa shape index (κ1) is 30.9. The van der Waals surface area contributed by atoms with Gasteiger partial charge in [0.15, 0.2) is 0 Å². The van der Waals surface area contributed by atoms with Crippen molar-refractivity contribution in [3.8, 4) is 0 Å². The van der Waals surface area contributed by atoms with Crippen LogP contribution in [-0.2, 0) is 10.0 Å². The van der Waals surface area contributed by atoms with Crippen LogP contribution in [0.5, 0.6) is 0 Å². The number of hydrogen-bond donors (Lipinski definition) is 4. The lowest BCUT2D eigenvalue weighted by atomic mass is 9.98. The third-order valence-corrected chi connectivity index (χ3v) is 10.0. The van der Waals surface area contributed by atoms with Crippen molar-refractivity contribution in [1.82, 2.24) is 25.3 Å². The number of carbonyl (C=O) groups excluding carboxylic acids is 2. The van der Waals surface area contributed by atoms with Crippen molar-refractivity contribution in [2.45, 2.75) is 62.9 Å². The van der Waals surface area contributed by atoms with Crippen LogP contribution in [0, 0.1) is 12.8 Å². The summed E-state index contributed by atoms with van der Waals surface area (Å²) in [4.78, 5) is 35.6. The number of sulfonamides is 1. The molecule has 12 heteroatoms. The van der Waals surface area contributed by atoms with E-state index in [1.54, 1.807) is 42.7 Å². The first-order valence-electron chi connectivity index (χ1n) is 15.0. The largest absolute Gasteiger partial charge is 0.345 e. The molecule has 6 rings (SSSR count). The predicted octanol–water partition coefficient (Wildman–Crippen LogP) is 6.14. The molecule has 0 saturated heterocycles. The summed E-state index contributed by atoms with van der Waals surface area (Å²) in [6.45, 7) is 6.00. The minimum Gasteiger partial charge on any atom is -0.345 e. The molecule has 1 saturated carbocycles. The smallest absolute Gasteiger partial charge is 0.319 e. The summed E-state index contributed by atoms with van der Waals surface area (Å²) in [5, 5.41) is 10.5. The number of para-hydroxylation sites is 1. The maximum atomic E-state index is 13.8. The Morgan fingerprint density at radius 2 is 1.82 bits per heavy atom. The highest BCUT2D eigenvalue weighted by Gasteiger charge is 2.38. The van der Waals surface area contributed by atoms with E-state index in [1.165, 1.54) is 6.20 Å². The molecule has 0 aliphatic heterocycles. The Balaban J connectivity index is 1.45. The van der Waals surface area contributed by atoms with Gasteiger partial charge in [-0.25, -0.2) is 17.9 Å². The van der Waals surface area contributed by atoms with Gasteiger partial charge in [0.25, 0.3) is 5.91 Å². The Labute approximate surface area is 267 Å². The zero-order valence-corrected chi connectivity index (χ0v) is 26.8. The number of carbonyl (C=O) groups is 2. The standard InChI is InChI=1S/C33H35ClN6O4S/c1-18(2)15-37-45(43,44)29-13-23-27(38-32(41)21-7-5-11-35-16-21)14-28(39-33(42)40-31-19(3)6-4-8-25(31)34)30(23)24-17-36-26(12-22(24)29)20-9-10-20/h4-8,11-13,16-18,20,27-28,37H,9-10,14-15H2,1-3H3,(H,38,41)(H2,39,40,42)/t27-,28-/m0/s1. The van der Waals surface area contributed by atoms with E-state index in [4.69, 9.17) is 16.6 Å². The van der Waals surface area contributed by atoms with Crippen molar-refractivity contribution in [3.63, 3.8) is 0 Å². The summed E-state index contributed by atoms with van der Waals surface area (Å²) >= 11 is 6.37. The number of nitrogens with zero attached hydrogens (tertiary/aromatic N) is 2. The molecule has 234 valence electrons. The Hall–Kier alpha value is -4.06. The molecule has 2 heterocycles. The molecule has 0 spiro atoms. The lowest BCUT2D eigenvalue weighted by molar-refractivity contribution is 0.0935. The van der Waals surface area contributed by atoms with E-state index in [0.717, 1.165) is 24.1 Å². The number of nitrogens with one attached hydrogen (secondary N) is 4. The average Bonchev–Trinajstić information content (AvgIpc) is 3.81. The number of amides is 3. The molecule has 2 aliphatic rings. The van der Waals surface area contributed by atoms with E-state index >= 15 is 0 Å². The van der Waals surface area contributed by atoms with Crippen LogP contribution in [0.15, 0.2) is 66.0 Å². The fourth-order valence-electron chi connectivity index (χ4n) is 5.78. The Bertz CT molecular complexity index is 1880. The van der Waals surface area contributed by atoms with Gasteiger partial charge in [-0.3, -0.25) is 14.8 Å². The maximum absolute atomic E-state index is 13.8. The summed E-state index contributed by atoms with van der Waals surface area (Å²) in [5.41, 5.74) is 3.82. The van der Waals surface area contributed by atoms with Crippen LogP contribution in [0.25, 0.3) is 10.8 Å². The lowest BCUT2D eigenvalue weighted by Gasteiger charge is -2.19. The molecule has 2 aromatic carbocycles. The topological polar surface area (TPSA) is 142 Å². The van der Waals surface area contributed by atoms with Crippen molar-refractivity contribution in [1.29, 1.82) is 0 Å². The van der Waals surface area contributed by atoms with Crippen molar-refractivity contribution >= 4 is 50.0 Å². The zero-order valence-electron chi connectivity index (χ0n) is 25.2. The number of anilines is 1. The Morgan fingerprint density at radius 3 is 2.51 bits per heavy atom. The van der Waals surface area contributed by atoms with E-state index < -0.39 is 28.1 Å². The van der Waals surface area contributed by atoms with Gasteiger partial charge in [0, 0.05) is 47.5 Å². The van der Waals surface area contributed by atoms with Gasteiger partial charge >= 0.3 is 6.03 Å². The number of urea groups is 1. The quantitative estimate of drug-likeness (QED) is 0.172. The molecule has 10 nitrogen and oxygen atoms in total. The molecule has 2 aliphatic carbocycles. The molecule has 2 atom stereocenters. The molecule has 4 N–H and O–H groups in total. The van der Waals surface area contributed by atoms with Crippen LogP contribution >= 0.6 is 11.6 Å². The Morgan fingerprint density at radius 1 is 1.02 bits per heavy atom. The normalized spacial score (nSPS) is 17.7. The number of rotatable bonds is 9. The van der Waals surface area contributed by atoms with E-state index in [-0.39, 0.29) is 23.3 Å². The molecular formula is C33H35ClN6O4S. The molecule has 0 radical (unpaired) electrons. The highest BCUT2D eigenvalue weighted by atomic mass is 35.5. The van der Waals surface area contributed by atoms with Crippen LogP contribution in [0.2, 0.25) is 5.02 Å². The molecule has 3 amide bonds. The number of aryl methyl sites for hydroxylation is 1. The highest BCUT2D eigenvalue weighted by Crippen LogP contribution is 2.47. The average molecular weight is 647 g/mol. The van der Waals surface area contributed by atoms with Crippen molar-refractivity contribution in [2.24, 2.45) is 5.92 Å². The lowest BCUT2D eigenvalue weighted by Crippen LogP contribution is -2.33. The fourth-order valence-corrected chi connectivity index (χ4v) is 7.50. The zero-order chi connectivity index (χ0) is 31.9. The van der Waals surface area contributed by atoms with Crippen molar-refractivity contribution in [2.75, 3.05) is 11.9 Å². The first-order chi connectivity index (χ1) is 21.5. The van der Waals surface area contributed by atoms with Crippen LogP contribution in [0.1, 0.15) is 83.9 Å². The van der Waals surface area contributed by atoms with Gasteiger partial charge in [-0.2, -0.15) is 0 Å². The number of aromatic nitrogens is 2. The van der Waals surface area contributed by atoms with E-state index in [1.807, 2.05) is 32.9 Å². The second kappa shape index (κ2) is 12.4. The van der Waals surface area contributed by atoms with Gasteiger partial charge in [-0.05, 0) is 79.1 Å². The first-order valence-corrected chi connectivity index (χ1v) is 16.9. The molecule has 0 unspecified atom stereocenters. The van der Waals surface area contributed by atoms with E-state index in [9.17, 15) is 18.0 Å². The molecule has 45 heavy (non-hydrogen) atoms. The third kappa shape index (κ3) is 6.51. The third-order valence-electron chi connectivity index (χ3n) is 8.24. The highest BCUT2D eigenvalue weighted by molar-refractivity contribution is 7.89. The molecule has 2 aromatic heterocycles. The van der Waals surface area contributed by atoms with Crippen LogP contribution < -0.4 is 20.7 Å². The summed E-state index contributed by atoms with van der Waals surface area (Å²) < 4.78 is 30.4. The summed E-state index contributed by atoms with van der Waals surface area (Å²) in [7, 11) is -3.94. The Kier molecular flexibility index (Phi) is 8.51. The second-order valence-electron chi connectivity index (χ2n) is 12.1. The van der Waals surface area contributed by atoms with Gasteiger partial charge in [-0.15, -0.1) is 0 Å². The van der Waals surface area contributed by atoms with Crippen LogP contribution in [0.4, 0.5) is 10.5 Å². The summed E-state index contributed by atoms with van der Waals surface area (Å²) in [6, 6.07) is 10.5. The predicted molar refractivity (Wildman–Crippen MR) is 174 cm³/mol. The van der Waals surface area contributed by atoms with Crippen molar-refractivity contribution in [3.05, 3.63) is 94.0 Å². The van der Waals surface area contributed by atoms with Gasteiger partial charge in [0.2, 0.25) is 10.0 Å². The fraction of sp³-hybridized carbons (Fsp3) is 0.333. The number of fused-ring (bicyclic) bond motifs is 3. The SMILES string of the molecule is Cc1cccc(Cl)c1NC(=O)N[C@H]1C[C@H](NC(=O)c2cccnc2)c2cc(S(=O)(=O)NCC(C)C)c3cc(C4CC4)ncc3c21. The summed E-state index contributed by atoms with van der Waals surface area (Å²) in [6.07, 6.45) is 7.06. The van der Waals surface area contributed by atoms with Gasteiger partial charge in [0.05, 0.1) is 33.3 Å². The van der Waals surface area contributed by atoms with E-state index in [0.29, 0.717) is 50.5 Å². The number of halogens is 1. The molecule has 0 bridgehead atoms. The van der Waals surface area contributed by atoms with Crippen LogP contribution in [0.3, 0.4) is 0 Å².